The van der Waals surface area contributed by atoms with Crippen LogP contribution in [0.1, 0.15) is 52.4 Å². The molecule has 528 valence electrons. The number of nitrogens with zero attached hydrogens (tertiary/aromatic N) is 9. The van der Waals surface area contributed by atoms with Gasteiger partial charge < -0.3 is 105 Å². The molecule has 0 amide bonds. The van der Waals surface area contributed by atoms with E-state index in [9.17, 15) is 28.8 Å². The number of carbonyl (C=O) groups is 6. The van der Waals surface area contributed by atoms with E-state index in [0.717, 1.165) is 122 Å². The normalized spacial score (nSPS) is 26.0. The van der Waals surface area contributed by atoms with Crippen molar-refractivity contribution in [1.29, 1.82) is 0 Å². The zero-order valence-corrected chi connectivity index (χ0v) is 57.4. The number of nitrogens with two attached hydrogens (primary N) is 1. The van der Waals surface area contributed by atoms with Crippen LogP contribution in [0.2, 0.25) is 0 Å². The maximum atomic E-state index is 10.5. The van der Waals surface area contributed by atoms with Crippen LogP contribution in [0.4, 0.5) is 0 Å². The average Bonchev–Trinajstić information content (AvgIpc) is 3.84. The van der Waals surface area contributed by atoms with Gasteiger partial charge in [0.2, 0.25) is 0 Å². The lowest BCUT2D eigenvalue weighted by Gasteiger charge is -2.29. The second-order valence-electron chi connectivity index (χ2n) is 24.0. The molecule has 0 radical (unpaired) electrons. The standard InChI is InChI=1S/C9H18N2O2.C8H15NO.C6H12N2O2.2C6H11NO3.2C6H11NO2S.C6H13NO.C6H13NS.CH4/c1-11-4-2-7(3-5-11)6-8(10)9(12)13;1-7(10)8-3-5-9(2)6-4-8;1-8-3-2-7-5(4-8)6(9)10;4*1-7-2-3-10-5(4-7)6(8)9;2*1-7-3-2-5-8-6-4-7;/h7-8H,2-6,10H2,1H3,(H,12,13);8,10H,1,3-6H2,2H3;5,7H,2-4H2,1H3,(H,9,10);4*5H,2-4H2,1H3,(H,8,9);2*2-6H2,1H3;1H4. The van der Waals surface area contributed by atoms with Crippen LogP contribution in [0.15, 0.2) is 12.3 Å². The Morgan fingerprint density at radius 2 is 0.900 bits per heavy atom. The number of hydrogen-bond acceptors (Lipinski definition) is 24. The second-order valence-corrected chi connectivity index (χ2v) is 27.8. The highest BCUT2D eigenvalue weighted by molar-refractivity contribution is 8.01. The van der Waals surface area contributed by atoms with E-state index in [0.29, 0.717) is 70.0 Å². The molecule has 0 spiro atoms. The van der Waals surface area contributed by atoms with Crippen LogP contribution in [0.25, 0.3) is 0 Å². The van der Waals surface area contributed by atoms with Gasteiger partial charge in [-0.25, -0.2) is 9.59 Å². The van der Waals surface area contributed by atoms with Gasteiger partial charge in [0.15, 0.2) is 12.2 Å². The van der Waals surface area contributed by atoms with Crippen LogP contribution in [0.5, 0.6) is 0 Å². The van der Waals surface area contributed by atoms with Crippen molar-refractivity contribution in [3.63, 3.8) is 0 Å². The van der Waals surface area contributed by atoms with Gasteiger partial charge in [-0.1, -0.05) is 14.0 Å². The number of rotatable bonds is 9. The number of likely N-dealkylation sites (N-methyl/N-ethyl adjacent to an activating group) is 4. The number of carboxylic acid groups (broad SMARTS) is 6. The molecule has 0 aliphatic carbocycles. The van der Waals surface area contributed by atoms with E-state index in [4.69, 9.17) is 55.7 Å². The van der Waals surface area contributed by atoms with Gasteiger partial charge in [0.25, 0.3) is 0 Å². The van der Waals surface area contributed by atoms with E-state index in [2.05, 4.69) is 81.2 Å². The first-order valence-electron chi connectivity index (χ1n) is 31.1. The van der Waals surface area contributed by atoms with Crippen molar-refractivity contribution in [2.45, 2.75) is 87.2 Å². The van der Waals surface area contributed by atoms with E-state index in [1.807, 2.05) is 49.9 Å². The smallest absolute Gasteiger partial charge is 0.334 e. The van der Waals surface area contributed by atoms with Crippen LogP contribution in [-0.4, -0.2) is 388 Å². The summed E-state index contributed by atoms with van der Waals surface area (Å²) in [6.07, 6.45) is 6.23. The van der Waals surface area contributed by atoms with Crippen molar-refractivity contribution < 1.29 is 78.7 Å². The number of nitrogens with one attached hydrogen (secondary N) is 1. The number of thioether (sulfide) groups is 3. The number of aliphatic hydroxyl groups is 1. The number of piperazine rings is 1. The average molecular weight is 1350 g/mol. The number of carboxylic acids is 6. The molecule has 9 saturated heterocycles. The van der Waals surface area contributed by atoms with E-state index in [1.54, 1.807) is 0 Å². The van der Waals surface area contributed by atoms with Gasteiger partial charge in [0.05, 0.1) is 25.6 Å². The van der Waals surface area contributed by atoms with Crippen LogP contribution in [0, 0.1) is 11.8 Å². The second kappa shape index (κ2) is 51.2. The van der Waals surface area contributed by atoms with E-state index in [-0.39, 0.29) is 24.0 Å². The molecule has 9 heterocycles. The van der Waals surface area contributed by atoms with Gasteiger partial charge in [0, 0.05) is 121 Å². The zero-order chi connectivity index (χ0) is 66.8. The van der Waals surface area contributed by atoms with Gasteiger partial charge in [-0.3, -0.25) is 19.2 Å². The Morgan fingerprint density at radius 1 is 0.478 bits per heavy atom. The van der Waals surface area contributed by atoms with Gasteiger partial charge in [-0.15, -0.1) is 23.5 Å². The first-order valence-corrected chi connectivity index (χ1v) is 34.4. The van der Waals surface area contributed by atoms with E-state index < -0.39 is 54.1 Å². The summed E-state index contributed by atoms with van der Waals surface area (Å²) in [6, 6.07) is -1.05. The minimum atomic E-state index is -0.876. The van der Waals surface area contributed by atoms with Crippen molar-refractivity contribution in [2.75, 3.05) is 237 Å². The number of aliphatic carboxylic acids is 6. The van der Waals surface area contributed by atoms with Crippen LogP contribution < -0.4 is 11.1 Å². The first kappa shape index (κ1) is 86.9. The predicted octanol–water partition coefficient (Wildman–Crippen LogP) is 1.57. The van der Waals surface area contributed by atoms with Crippen LogP contribution >= 0.6 is 35.3 Å². The topological polar surface area (TPSA) is 339 Å². The minimum absolute atomic E-state index is 0. The number of ether oxygens (including phenoxy) is 3. The fraction of sp³-hybridized carbons (Fsp3) is 0.867. The third-order valence-electron chi connectivity index (χ3n) is 15.7. The van der Waals surface area contributed by atoms with Gasteiger partial charge in [-0.05, 0) is 153 Å². The van der Waals surface area contributed by atoms with Crippen molar-refractivity contribution >= 4 is 71.1 Å². The Balaban J connectivity index is 0.000000991. The molecule has 27 nitrogen and oxygen atoms in total. The summed E-state index contributed by atoms with van der Waals surface area (Å²) in [6.45, 7) is 24.0. The van der Waals surface area contributed by atoms with Gasteiger partial charge in [-0.2, -0.15) is 11.8 Å². The summed E-state index contributed by atoms with van der Waals surface area (Å²) in [5, 5.41) is 63.0. The third-order valence-corrected chi connectivity index (χ3v) is 19.1. The van der Waals surface area contributed by atoms with Crippen molar-refractivity contribution in [3.8, 4) is 0 Å². The lowest BCUT2D eigenvalue weighted by Crippen LogP contribution is -2.52. The maximum Gasteiger partial charge on any atom is 0.334 e. The number of piperidine rings is 2. The summed E-state index contributed by atoms with van der Waals surface area (Å²) in [7, 11) is 18.1. The number of aliphatic hydroxyl groups excluding tert-OH is 1. The third kappa shape index (κ3) is 43.7. The molecule has 0 bridgehead atoms. The fourth-order valence-electron chi connectivity index (χ4n) is 9.61. The molecular formula is C60H119N11O16S3. The van der Waals surface area contributed by atoms with E-state index in [1.165, 1.54) is 67.5 Å². The Kier molecular flexibility index (Phi) is 49.4. The van der Waals surface area contributed by atoms with Crippen molar-refractivity contribution in [1.82, 2.24) is 49.4 Å². The Morgan fingerprint density at radius 3 is 1.29 bits per heavy atom. The fourth-order valence-corrected chi connectivity index (χ4v) is 13.0. The summed E-state index contributed by atoms with van der Waals surface area (Å²) in [5.74, 6) is 1.06. The molecule has 0 aromatic rings. The van der Waals surface area contributed by atoms with Crippen LogP contribution in [-0.2, 0) is 43.0 Å². The number of allylic oxidation sites excluding steroid dienone is 1. The molecule has 0 aromatic carbocycles. The highest BCUT2D eigenvalue weighted by atomic mass is 32.2. The summed E-state index contributed by atoms with van der Waals surface area (Å²) in [4.78, 5) is 81.8. The summed E-state index contributed by atoms with van der Waals surface area (Å²) < 4.78 is 15.2. The lowest BCUT2D eigenvalue weighted by atomic mass is 9.91. The number of hydrogen-bond donors (Lipinski definition) is 9. The molecule has 6 atom stereocenters. The molecule has 9 aliphatic rings. The molecule has 9 fully saturated rings. The Labute approximate surface area is 551 Å². The highest BCUT2D eigenvalue weighted by Crippen LogP contribution is 2.22. The molecule has 30 heteroatoms. The maximum absolute atomic E-state index is 10.5. The molecule has 9 rings (SSSR count). The highest BCUT2D eigenvalue weighted by Gasteiger charge is 2.28. The number of morpholine rings is 2. The molecule has 0 saturated carbocycles. The van der Waals surface area contributed by atoms with E-state index >= 15 is 0 Å². The van der Waals surface area contributed by atoms with Gasteiger partial charge in [0.1, 0.15) is 22.6 Å². The Hall–Kier alpha value is -3.15. The zero-order valence-electron chi connectivity index (χ0n) is 55.0. The molecule has 10 N–H and O–H groups in total. The predicted molar refractivity (Wildman–Crippen MR) is 361 cm³/mol. The monoisotopic (exact) mass is 1350 g/mol. The molecule has 9 aliphatic heterocycles. The molecular weight excluding hydrogens is 1230 g/mol. The lowest BCUT2D eigenvalue weighted by molar-refractivity contribution is -0.156. The SMILES string of the molecule is C.C=C(O)C1CCN(C)CC1.CN1CCC(CC(N)C(=O)O)CC1.CN1CCCOCC1.CN1CCCSCC1.CN1CCNC(C(=O)O)C1.CN1CCOC(C(=O)O)C1.CN1CCOC(C(=O)O)C1.CN1CCSC(C(=O)O)C1.CN1CCSC(C(=O)O)C1. The Bertz CT molecular complexity index is 1750. The number of likely N-dealkylation sites (tertiary alicyclic amines) is 2. The van der Waals surface area contributed by atoms with Crippen molar-refractivity contribution in [2.24, 2.45) is 17.6 Å². The van der Waals surface area contributed by atoms with Crippen molar-refractivity contribution in [3.05, 3.63) is 12.3 Å². The molecule has 0 aromatic heterocycles. The van der Waals surface area contributed by atoms with Gasteiger partial charge >= 0.3 is 35.8 Å². The molecule has 6 unspecified atom stereocenters. The summed E-state index contributed by atoms with van der Waals surface area (Å²) in [5.41, 5.74) is 5.47. The van der Waals surface area contributed by atoms with Crippen LogP contribution in [0.3, 0.4) is 0 Å². The summed E-state index contributed by atoms with van der Waals surface area (Å²) >= 11 is 5.15. The quantitative estimate of drug-likeness (QED) is 0.148. The first-order chi connectivity index (χ1) is 42.1. The molecule has 90 heavy (non-hydrogen) atoms. The largest absolute Gasteiger partial charge is 0.513 e. The minimum Gasteiger partial charge on any atom is -0.513 e.